The fourth-order valence-electron chi connectivity index (χ4n) is 7.86. The molecule has 0 aliphatic carbocycles. The first-order valence-electron chi connectivity index (χ1n) is 25.6. The van der Waals surface area contributed by atoms with Crippen molar-refractivity contribution in [1.29, 1.82) is 0 Å². The van der Waals surface area contributed by atoms with E-state index in [1.54, 1.807) is 24.3 Å². The van der Waals surface area contributed by atoms with E-state index < -0.39 is 5.97 Å². The molecule has 2 aromatic carbocycles. The third-order valence-corrected chi connectivity index (χ3v) is 11.6. The fourth-order valence-corrected chi connectivity index (χ4v) is 7.86. The van der Waals surface area contributed by atoms with Gasteiger partial charge in [-0.05, 0) is 43.5 Å². The summed E-state index contributed by atoms with van der Waals surface area (Å²) in [5.74, 6) is 2.46. The van der Waals surface area contributed by atoms with Gasteiger partial charge in [-0.15, -0.1) is 0 Å². The molecule has 0 aliphatic rings. The highest BCUT2D eigenvalue weighted by Gasteiger charge is 2.21. The Morgan fingerprint density at radius 2 is 0.823 bits per heavy atom. The van der Waals surface area contributed by atoms with E-state index in [-0.39, 0.29) is 0 Å². The Bertz CT molecular complexity index is 1370. The van der Waals surface area contributed by atoms with Crippen LogP contribution in [-0.2, 0) is 0 Å². The Balaban J connectivity index is 2.21. The summed E-state index contributed by atoms with van der Waals surface area (Å²) in [5, 5.41) is 0. The van der Waals surface area contributed by atoms with Crippen LogP contribution in [0.25, 0.3) is 0 Å². The van der Waals surface area contributed by atoms with Crippen LogP contribution in [0.2, 0.25) is 0 Å². The monoisotopic (exact) mass is 864 g/mol. The maximum Gasteiger partial charge on any atom is 0.343 e. The molecular weight excluding hydrogens is 771 g/mol. The predicted octanol–water partition coefficient (Wildman–Crippen LogP) is 15.9. The van der Waals surface area contributed by atoms with Crippen LogP contribution in [0, 0.1) is 0 Å². The summed E-state index contributed by atoms with van der Waals surface area (Å²) in [6.45, 7) is 8.52. The fraction of sp³-hybridized carbons (Fsp3) is 0.741. The van der Waals surface area contributed by atoms with E-state index in [4.69, 9.17) is 23.9 Å². The van der Waals surface area contributed by atoms with E-state index in [1.165, 1.54) is 154 Å². The van der Waals surface area contributed by atoms with Crippen LogP contribution < -0.4 is 18.9 Å². The zero-order chi connectivity index (χ0) is 44.9. The molecule has 0 bridgehead atoms. The number of carbonyl (C=O) groups excluding carboxylic acids is 1. The van der Waals surface area contributed by atoms with Gasteiger partial charge in [0.15, 0.2) is 11.5 Å². The number of guanidine groups is 1. The van der Waals surface area contributed by atoms with Crippen molar-refractivity contribution in [2.45, 2.75) is 213 Å². The van der Waals surface area contributed by atoms with Gasteiger partial charge in [0.25, 0.3) is 0 Å². The van der Waals surface area contributed by atoms with Crippen molar-refractivity contribution in [3.05, 3.63) is 42.0 Å². The molecule has 2 aromatic rings. The summed E-state index contributed by atoms with van der Waals surface area (Å²) in [6.07, 6.45) is 37.8. The Hall–Kier alpha value is -3.42. The number of carbonyl (C=O) groups is 1. The van der Waals surface area contributed by atoms with E-state index in [2.05, 4.69) is 20.8 Å². The molecule has 0 N–H and O–H groups in total. The average Bonchev–Trinajstić information content (AvgIpc) is 3.26. The van der Waals surface area contributed by atoms with Crippen molar-refractivity contribution in [3.8, 4) is 23.0 Å². The molecule has 2 rings (SSSR count). The summed E-state index contributed by atoms with van der Waals surface area (Å²) in [7, 11) is 7.83. The number of nitrogens with zero attached hydrogens (tertiary/aromatic N) is 3. The van der Waals surface area contributed by atoms with Gasteiger partial charge < -0.3 is 28.7 Å². The minimum atomic E-state index is -0.472. The Kier molecular flexibility index (Phi) is 32.7. The third kappa shape index (κ3) is 26.3. The maximum absolute atomic E-state index is 13.9. The molecule has 0 amide bonds. The lowest BCUT2D eigenvalue weighted by atomic mass is 10.1. The second-order valence-corrected chi connectivity index (χ2v) is 18.0. The molecule has 62 heavy (non-hydrogen) atoms. The van der Waals surface area contributed by atoms with Gasteiger partial charge >= 0.3 is 5.97 Å². The van der Waals surface area contributed by atoms with Crippen molar-refractivity contribution in [2.75, 3.05) is 48.0 Å². The Morgan fingerprint density at radius 1 is 0.468 bits per heavy atom. The molecule has 0 unspecified atom stereocenters. The van der Waals surface area contributed by atoms with Crippen molar-refractivity contribution in [3.63, 3.8) is 0 Å². The van der Waals surface area contributed by atoms with Crippen molar-refractivity contribution in [1.82, 2.24) is 9.80 Å². The molecule has 354 valence electrons. The molecule has 0 heterocycles. The molecule has 0 aliphatic heterocycles. The first kappa shape index (κ1) is 54.7. The van der Waals surface area contributed by atoms with E-state index in [1.807, 2.05) is 50.1 Å². The maximum atomic E-state index is 13.9. The molecule has 0 atom stereocenters. The van der Waals surface area contributed by atoms with Gasteiger partial charge in [0.2, 0.25) is 11.7 Å². The van der Waals surface area contributed by atoms with Crippen LogP contribution in [0.4, 0.5) is 5.69 Å². The van der Waals surface area contributed by atoms with Crippen LogP contribution in [0.3, 0.4) is 0 Å². The summed E-state index contributed by atoms with van der Waals surface area (Å²) in [4.78, 5) is 22.6. The highest BCUT2D eigenvalue weighted by atomic mass is 16.5. The number of benzene rings is 2. The minimum Gasteiger partial charge on any atom is -0.490 e. The molecule has 8 heteroatoms. The van der Waals surface area contributed by atoms with E-state index in [9.17, 15) is 4.79 Å². The molecule has 8 nitrogen and oxygen atoms in total. The van der Waals surface area contributed by atoms with Crippen LogP contribution in [0.5, 0.6) is 23.0 Å². The zero-order valence-electron chi connectivity index (χ0n) is 41.2. The van der Waals surface area contributed by atoms with E-state index in [0.29, 0.717) is 54.1 Å². The number of unbranched alkanes of at least 4 members (excludes halogenated alkanes) is 27. The van der Waals surface area contributed by atoms with Gasteiger partial charge in [-0.3, -0.25) is 0 Å². The van der Waals surface area contributed by atoms with Crippen molar-refractivity contribution in [2.24, 2.45) is 4.99 Å². The molecule has 0 radical (unpaired) electrons. The smallest absolute Gasteiger partial charge is 0.343 e. The number of rotatable bonds is 39. The second kappa shape index (κ2) is 37.0. The first-order chi connectivity index (χ1) is 30.3. The standard InChI is InChI=1S/C54H93N3O5/c1-8-11-14-17-20-23-26-29-32-35-41-59-50-44-47(53(58)62-49-40-38-39-48(46-49)55-54(56(4)5)57(6)7)45-51(60-42-36-33-30-27-24-21-18-15-12-9-2)52(50)61-43-37-34-31-28-25-22-19-16-13-10-3/h38-40,44-46H,8-37,41-43H2,1-7H3. The van der Waals surface area contributed by atoms with Gasteiger partial charge in [-0.2, -0.15) is 0 Å². The number of aliphatic imine (C=N–C) groups is 1. The van der Waals surface area contributed by atoms with Gasteiger partial charge in [-0.25, -0.2) is 9.79 Å². The molecule has 0 spiro atoms. The van der Waals surface area contributed by atoms with Crippen molar-refractivity contribution >= 4 is 17.6 Å². The van der Waals surface area contributed by atoms with Crippen LogP contribution >= 0.6 is 0 Å². The lowest BCUT2D eigenvalue weighted by Gasteiger charge is -2.22. The second-order valence-electron chi connectivity index (χ2n) is 18.0. The molecule has 0 fully saturated rings. The van der Waals surface area contributed by atoms with Crippen LogP contribution in [-0.4, -0.2) is 69.7 Å². The predicted molar refractivity (Wildman–Crippen MR) is 264 cm³/mol. The lowest BCUT2D eigenvalue weighted by molar-refractivity contribution is 0.0733. The average molecular weight is 864 g/mol. The van der Waals surface area contributed by atoms with Gasteiger partial charge in [0.1, 0.15) is 5.75 Å². The van der Waals surface area contributed by atoms with E-state index >= 15 is 0 Å². The lowest BCUT2D eigenvalue weighted by Crippen LogP contribution is -2.35. The molecular formula is C54H93N3O5. The van der Waals surface area contributed by atoms with Crippen molar-refractivity contribution < 1.29 is 23.7 Å². The van der Waals surface area contributed by atoms with Crippen LogP contribution in [0.15, 0.2) is 41.4 Å². The number of hydrogen-bond donors (Lipinski definition) is 0. The topological polar surface area (TPSA) is 72.8 Å². The quantitative estimate of drug-likeness (QED) is 0.0218. The summed E-state index contributed by atoms with van der Waals surface area (Å²) in [6, 6.07) is 10.9. The number of ether oxygens (including phenoxy) is 4. The molecule has 0 aromatic heterocycles. The molecule has 0 saturated carbocycles. The highest BCUT2D eigenvalue weighted by molar-refractivity contribution is 5.93. The van der Waals surface area contributed by atoms with Gasteiger partial charge in [0.05, 0.1) is 31.1 Å². The molecule has 0 saturated heterocycles. The number of hydrogen-bond acceptors (Lipinski definition) is 6. The SMILES string of the molecule is CCCCCCCCCCCCOc1cc(C(=O)Oc2cccc(N=C(N(C)C)N(C)C)c2)cc(OCCCCCCCCCCCC)c1OCCCCCCCCCCCC. The Labute approximate surface area is 381 Å². The van der Waals surface area contributed by atoms with Crippen LogP contribution in [0.1, 0.15) is 224 Å². The first-order valence-corrected chi connectivity index (χ1v) is 25.6. The zero-order valence-corrected chi connectivity index (χ0v) is 41.2. The number of esters is 1. The van der Waals surface area contributed by atoms with E-state index in [0.717, 1.165) is 44.5 Å². The Morgan fingerprint density at radius 3 is 1.19 bits per heavy atom. The highest BCUT2D eigenvalue weighted by Crippen LogP contribution is 2.40. The summed E-state index contributed by atoms with van der Waals surface area (Å²) < 4.78 is 25.6. The summed E-state index contributed by atoms with van der Waals surface area (Å²) in [5.41, 5.74) is 1.08. The normalized spacial score (nSPS) is 11.1. The largest absolute Gasteiger partial charge is 0.490 e. The third-order valence-electron chi connectivity index (χ3n) is 11.6. The van der Waals surface area contributed by atoms with Gasteiger partial charge in [-0.1, -0.05) is 200 Å². The minimum absolute atomic E-state index is 0.378. The van der Waals surface area contributed by atoms with Gasteiger partial charge in [0, 0.05) is 34.3 Å². The summed E-state index contributed by atoms with van der Waals surface area (Å²) >= 11 is 0.